The van der Waals surface area contributed by atoms with E-state index >= 15 is 0 Å². The van der Waals surface area contributed by atoms with Crippen LogP contribution in [0.1, 0.15) is 17.0 Å². The van der Waals surface area contributed by atoms with Gasteiger partial charge in [-0.05, 0) is 5.56 Å². The molecule has 0 aliphatic heterocycles. The lowest BCUT2D eigenvalue weighted by molar-refractivity contribution is 0.236. The highest BCUT2D eigenvalue weighted by molar-refractivity contribution is 5.78. The molecular weight excluding hydrogens is 270 g/mol. The van der Waals surface area contributed by atoms with E-state index in [0.29, 0.717) is 12.1 Å². The van der Waals surface area contributed by atoms with E-state index in [1.54, 1.807) is 0 Å². The molecular formula is C13H9N7O. The van der Waals surface area contributed by atoms with Crippen LogP contribution in [0.5, 0.6) is 0 Å². The van der Waals surface area contributed by atoms with E-state index in [-0.39, 0.29) is 5.69 Å². The van der Waals surface area contributed by atoms with Gasteiger partial charge in [-0.1, -0.05) is 40.8 Å². The summed E-state index contributed by atoms with van der Waals surface area (Å²) in [6, 6.07) is 10.9. The van der Waals surface area contributed by atoms with Gasteiger partial charge in [-0.25, -0.2) is 4.79 Å². The third kappa shape index (κ3) is 2.40. The highest BCUT2D eigenvalue weighted by Gasteiger charge is 2.20. The zero-order chi connectivity index (χ0) is 14.7. The first-order chi connectivity index (χ1) is 10.3. The fourth-order valence-electron chi connectivity index (χ4n) is 1.90. The molecule has 8 heteroatoms. The van der Waals surface area contributed by atoms with Gasteiger partial charge in [0.1, 0.15) is 6.07 Å². The van der Waals surface area contributed by atoms with Crippen molar-refractivity contribution in [1.82, 2.24) is 30.0 Å². The Balaban J connectivity index is 2.01. The van der Waals surface area contributed by atoms with Crippen LogP contribution in [-0.4, -0.2) is 36.0 Å². The molecule has 3 rings (SSSR count). The number of benzene rings is 1. The van der Waals surface area contributed by atoms with Crippen LogP contribution >= 0.6 is 0 Å². The van der Waals surface area contributed by atoms with Gasteiger partial charge in [-0.3, -0.25) is 0 Å². The summed E-state index contributed by atoms with van der Waals surface area (Å²) in [5.74, 6) is 0. The summed E-state index contributed by atoms with van der Waals surface area (Å²) in [5.41, 5.74) is 1.49. The summed E-state index contributed by atoms with van der Waals surface area (Å²) in [6.07, 6.45) is 3.16. The summed E-state index contributed by atoms with van der Waals surface area (Å²) in [4.78, 5) is 12.3. The average Bonchev–Trinajstić information content (AvgIpc) is 3.17. The Bertz CT molecular complexity index is 799. The summed E-state index contributed by atoms with van der Waals surface area (Å²) in [7, 11) is 0. The van der Waals surface area contributed by atoms with Gasteiger partial charge < -0.3 is 0 Å². The van der Waals surface area contributed by atoms with Crippen LogP contribution in [-0.2, 0) is 6.42 Å². The molecule has 0 fully saturated rings. The van der Waals surface area contributed by atoms with Crippen molar-refractivity contribution in [2.45, 2.75) is 6.42 Å². The number of nitrogens with zero attached hydrogens (tertiary/aromatic N) is 7. The molecule has 0 radical (unpaired) electrons. The molecule has 0 saturated carbocycles. The lowest BCUT2D eigenvalue weighted by Gasteiger charge is -2.04. The molecule has 2 aromatic heterocycles. The van der Waals surface area contributed by atoms with Gasteiger partial charge in [0, 0.05) is 6.42 Å². The van der Waals surface area contributed by atoms with Crippen molar-refractivity contribution in [3.8, 4) is 6.07 Å². The molecule has 0 aliphatic carbocycles. The molecule has 8 nitrogen and oxygen atoms in total. The topological polar surface area (TPSA) is 102 Å². The van der Waals surface area contributed by atoms with Crippen molar-refractivity contribution < 1.29 is 4.79 Å². The van der Waals surface area contributed by atoms with Crippen molar-refractivity contribution in [2.24, 2.45) is 0 Å². The molecule has 0 bridgehead atoms. The molecule has 1 aromatic carbocycles. The molecule has 0 aliphatic rings. The van der Waals surface area contributed by atoms with Gasteiger partial charge >= 0.3 is 6.03 Å². The van der Waals surface area contributed by atoms with Crippen LogP contribution in [0.25, 0.3) is 0 Å². The number of nitriles is 1. The highest BCUT2D eigenvalue weighted by atomic mass is 16.2. The third-order valence-electron chi connectivity index (χ3n) is 2.88. The monoisotopic (exact) mass is 279 g/mol. The SMILES string of the molecule is N#Cc1nnn(C(=O)n2ccnn2)c1Cc1ccccc1. The minimum atomic E-state index is -0.535. The maximum Gasteiger partial charge on any atom is 0.372 e. The third-order valence-corrected chi connectivity index (χ3v) is 2.88. The molecule has 0 saturated heterocycles. The van der Waals surface area contributed by atoms with E-state index in [1.807, 2.05) is 36.4 Å². The van der Waals surface area contributed by atoms with Crippen molar-refractivity contribution >= 4 is 6.03 Å². The van der Waals surface area contributed by atoms with Crippen LogP contribution in [0.15, 0.2) is 42.7 Å². The number of hydrogen-bond acceptors (Lipinski definition) is 6. The van der Waals surface area contributed by atoms with Gasteiger partial charge in [0.25, 0.3) is 0 Å². The first kappa shape index (κ1) is 12.7. The van der Waals surface area contributed by atoms with Crippen molar-refractivity contribution in [3.63, 3.8) is 0 Å². The Kier molecular flexibility index (Phi) is 3.22. The second-order valence-corrected chi connectivity index (χ2v) is 4.20. The molecule has 0 N–H and O–H groups in total. The molecule has 0 unspecified atom stereocenters. The van der Waals surface area contributed by atoms with Gasteiger partial charge in [-0.2, -0.15) is 14.6 Å². The second-order valence-electron chi connectivity index (χ2n) is 4.20. The summed E-state index contributed by atoms with van der Waals surface area (Å²) >= 11 is 0. The molecule has 0 atom stereocenters. The number of hydrogen-bond donors (Lipinski definition) is 0. The maximum atomic E-state index is 12.3. The van der Waals surface area contributed by atoms with Crippen molar-refractivity contribution in [2.75, 3.05) is 0 Å². The minimum Gasteiger partial charge on any atom is -0.243 e. The average molecular weight is 279 g/mol. The Morgan fingerprint density at radius 2 is 2.05 bits per heavy atom. The van der Waals surface area contributed by atoms with Crippen LogP contribution in [0.3, 0.4) is 0 Å². The summed E-state index contributed by atoms with van der Waals surface area (Å²) < 4.78 is 2.10. The standard InChI is InChI=1S/C13H9N7O/c14-9-11-12(8-10-4-2-1-3-5-10)20(18-16-11)13(21)19-7-6-15-17-19/h1-7H,8H2. The smallest absolute Gasteiger partial charge is 0.243 e. The summed E-state index contributed by atoms with van der Waals surface area (Å²) in [5, 5.41) is 23.8. The maximum absolute atomic E-state index is 12.3. The fraction of sp³-hybridized carbons (Fsp3) is 0.0769. The van der Waals surface area contributed by atoms with Crippen molar-refractivity contribution in [1.29, 1.82) is 5.26 Å². The molecule has 2 heterocycles. The van der Waals surface area contributed by atoms with Crippen LogP contribution in [0.4, 0.5) is 4.79 Å². The van der Waals surface area contributed by atoms with E-state index in [0.717, 1.165) is 14.9 Å². The number of rotatable bonds is 2. The first-order valence-electron chi connectivity index (χ1n) is 6.09. The number of aromatic nitrogens is 6. The quantitative estimate of drug-likeness (QED) is 0.689. The highest BCUT2D eigenvalue weighted by Crippen LogP contribution is 2.12. The van der Waals surface area contributed by atoms with Crippen LogP contribution in [0.2, 0.25) is 0 Å². The van der Waals surface area contributed by atoms with E-state index in [2.05, 4.69) is 20.6 Å². The van der Waals surface area contributed by atoms with E-state index in [4.69, 9.17) is 5.26 Å². The number of carbonyl (C=O) groups excluding carboxylic acids is 1. The zero-order valence-electron chi connectivity index (χ0n) is 10.8. The Morgan fingerprint density at radius 3 is 2.71 bits per heavy atom. The minimum absolute atomic E-state index is 0.118. The molecule has 3 aromatic rings. The van der Waals surface area contributed by atoms with Crippen LogP contribution < -0.4 is 0 Å². The van der Waals surface area contributed by atoms with Gasteiger partial charge in [-0.15, -0.1) is 10.2 Å². The van der Waals surface area contributed by atoms with E-state index in [1.165, 1.54) is 12.4 Å². The molecule has 102 valence electrons. The Morgan fingerprint density at radius 1 is 1.24 bits per heavy atom. The second kappa shape index (κ2) is 5.34. The van der Waals surface area contributed by atoms with Crippen LogP contribution in [0, 0.1) is 11.3 Å². The molecule has 21 heavy (non-hydrogen) atoms. The Hall–Kier alpha value is -3.34. The number of carbonyl (C=O) groups is 1. The fourth-order valence-corrected chi connectivity index (χ4v) is 1.90. The molecule has 0 amide bonds. The lowest BCUT2D eigenvalue weighted by atomic mass is 10.1. The van der Waals surface area contributed by atoms with Gasteiger partial charge in [0.2, 0.25) is 0 Å². The normalized spacial score (nSPS) is 10.2. The van der Waals surface area contributed by atoms with Gasteiger partial charge in [0.15, 0.2) is 5.69 Å². The largest absolute Gasteiger partial charge is 0.372 e. The van der Waals surface area contributed by atoms with E-state index in [9.17, 15) is 4.79 Å². The zero-order valence-corrected chi connectivity index (χ0v) is 10.8. The lowest BCUT2D eigenvalue weighted by Crippen LogP contribution is -2.23. The van der Waals surface area contributed by atoms with Crippen molar-refractivity contribution in [3.05, 3.63) is 59.7 Å². The predicted molar refractivity (Wildman–Crippen MR) is 70.2 cm³/mol. The van der Waals surface area contributed by atoms with Gasteiger partial charge in [0.05, 0.1) is 18.1 Å². The molecule has 0 spiro atoms. The predicted octanol–water partition coefficient (Wildman–Crippen LogP) is 0.848. The summed E-state index contributed by atoms with van der Waals surface area (Å²) in [6.45, 7) is 0. The first-order valence-corrected chi connectivity index (χ1v) is 6.09. The Labute approximate surface area is 119 Å². The van der Waals surface area contributed by atoms with E-state index < -0.39 is 6.03 Å².